The minimum Gasteiger partial charge on any atom is -0.304 e. The van der Waals surface area contributed by atoms with Gasteiger partial charge in [0.1, 0.15) is 0 Å². The SMILES string of the molecule is NOCC1(c2cncc(Br)c2)CC1. The van der Waals surface area contributed by atoms with Crippen molar-refractivity contribution in [3.8, 4) is 0 Å². The van der Waals surface area contributed by atoms with Crippen molar-refractivity contribution in [2.75, 3.05) is 6.61 Å². The lowest BCUT2D eigenvalue weighted by molar-refractivity contribution is 0.116. The Morgan fingerprint density at radius 2 is 2.31 bits per heavy atom. The fourth-order valence-electron chi connectivity index (χ4n) is 1.53. The molecule has 0 unspecified atom stereocenters. The lowest BCUT2D eigenvalue weighted by atomic mass is 9.99. The largest absolute Gasteiger partial charge is 0.304 e. The Bertz CT molecular complexity index is 312. The molecular formula is C9H11BrN2O. The Labute approximate surface area is 85.4 Å². The molecule has 3 nitrogen and oxygen atoms in total. The monoisotopic (exact) mass is 242 g/mol. The molecule has 0 bridgehead atoms. The molecule has 13 heavy (non-hydrogen) atoms. The van der Waals surface area contributed by atoms with Crippen LogP contribution in [0, 0.1) is 0 Å². The average molecular weight is 243 g/mol. The molecule has 1 saturated carbocycles. The smallest absolute Gasteiger partial charge is 0.0776 e. The number of aromatic nitrogens is 1. The lowest BCUT2D eigenvalue weighted by Crippen LogP contribution is -2.18. The molecule has 1 fully saturated rings. The van der Waals surface area contributed by atoms with E-state index in [9.17, 15) is 0 Å². The molecule has 1 aromatic heterocycles. The quantitative estimate of drug-likeness (QED) is 0.823. The summed E-state index contributed by atoms with van der Waals surface area (Å²) < 4.78 is 1.01. The summed E-state index contributed by atoms with van der Waals surface area (Å²) in [6.07, 6.45) is 5.95. The second-order valence-corrected chi connectivity index (χ2v) is 4.40. The first kappa shape index (κ1) is 9.12. The highest BCUT2D eigenvalue weighted by molar-refractivity contribution is 9.10. The summed E-state index contributed by atoms with van der Waals surface area (Å²) in [4.78, 5) is 8.85. The summed E-state index contributed by atoms with van der Waals surface area (Å²) in [5, 5.41) is 0. The van der Waals surface area contributed by atoms with E-state index in [1.165, 1.54) is 5.56 Å². The van der Waals surface area contributed by atoms with Crippen molar-refractivity contribution in [1.29, 1.82) is 0 Å². The van der Waals surface area contributed by atoms with Crippen molar-refractivity contribution in [3.63, 3.8) is 0 Å². The van der Waals surface area contributed by atoms with Gasteiger partial charge >= 0.3 is 0 Å². The van der Waals surface area contributed by atoms with Crippen molar-refractivity contribution < 1.29 is 4.84 Å². The maximum Gasteiger partial charge on any atom is 0.0776 e. The van der Waals surface area contributed by atoms with Crippen LogP contribution in [-0.4, -0.2) is 11.6 Å². The second-order valence-electron chi connectivity index (χ2n) is 3.48. The summed E-state index contributed by atoms with van der Waals surface area (Å²) >= 11 is 3.40. The first-order chi connectivity index (χ1) is 6.27. The van der Waals surface area contributed by atoms with Gasteiger partial charge in [0.05, 0.1) is 6.61 Å². The molecular weight excluding hydrogens is 232 g/mol. The zero-order valence-electron chi connectivity index (χ0n) is 7.16. The van der Waals surface area contributed by atoms with Gasteiger partial charge in [0.15, 0.2) is 0 Å². The highest BCUT2D eigenvalue weighted by Gasteiger charge is 2.44. The Morgan fingerprint density at radius 1 is 1.54 bits per heavy atom. The molecule has 4 heteroatoms. The number of pyridine rings is 1. The maximum absolute atomic E-state index is 5.10. The van der Waals surface area contributed by atoms with Crippen molar-refractivity contribution >= 4 is 15.9 Å². The molecule has 2 N–H and O–H groups in total. The highest BCUT2D eigenvalue weighted by Crippen LogP contribution is 2.48. The maximum atomic E-state index is 5.10. The van der Waals surface area contributed by atoms with Gasteiger partial charge in [-0.15, -0.1) is 0 Å². The van der Waals surface area contributed by atoms with E-state index in [0.29, 0.717) is 6.61 Å². The van der Waals surface area contributed by atoms with Gasteiger partial charge < -0.3 is 4.84 Å². The van der Waals surface area contributed by atoms with Gasteiger partial charge in [-0.1, -0.05) is 0 Å². The van der Waals surface area contributed by atoms with Crippen LogP contribution in [0.1, 0.15) is 18.4 Å². The Kier molecular flexibility index (Phi) is 2.36. The normalized spacial score (nSPS) is 18.6. The van der Waals surface area contributed by atoms with Crippen LogP contribution in [0.25, 0.3) is 0 Å². The van der Waals surface area contributed by atoms with Crippen LogP contribution in [-0.2, 0) is 10.3 Å². The van der Waals surface area contributed by atoms with Gasteiger partial charge in [0.25, 0.3) is 0 Å². The standard InChI is InChI=1S/C9H11BrN2O/c10-8-3-7(4-12-5-8)9(1-2-9)6-13-11/h3-5H,1-2,6,11H2. The van der Waals surface area contributed by atoms with Gasteiger partial charge in [-0.2, -0.15) is 0 Å². The minimum absolute atomic E-state index is 0.144. The molecule has 0 atom stereocenters. The topological polar surface area (TPSA) is 48.1 Å². The third-order valence-electron chi connectivity index (χ3n) is 2.53. The molecule has 1 aliphatic carbocycles. The summed E-state index contributed by atoms with van der Waals surface area (Å²) in [5.74, 6) is 5.10. The number of hydrogen-bond donors (Lipinski definition) is 1. The van der Waals surface area contributed by atoms with Gasteiger partial charge in [-0.3, -0.25) is 4.98 Å². The van der Waals surface area contributed by atoms with Crippen molar-refractivity contribution in [1.82, 2.24) is 4.98 Å². The van der Waals surface area contributed by atoms with Crippen LogP contribution >= 0.6 is 15.9 Å². The predicted octanol–water partition coefficient (Wildman–Crippen LogP) is 1.77. The molecule has 1 heterocycles. The minimum atomic E-state index is 0.144. The van der Waals surface area contributed by atoms with E-state index in [4.69, 9.17) is 10.7 Å². The number of halogens is 1. The van der Waals surface area contributed by atoms with E-state index in [1.54, 1.807) is 6.20 Å². The Morgan fingerprint density at radius 3 is 2.85 bits per heavy atom. The Hall–Kier alpha value is -0.450. The lowest BCUT2D eigenvalue weighted by Gasteiger charge is -2.13. The fraction of sp³-hybridized carbons (Fsp3) is 0.444. The second kappa shape index (κ2) is 3.36. The van der Waals surface area contributed by atoms with Gasteiger partial charge in [-0.05, 0) is 40.4 Å². The van der Waals surface area contributed by atoms with Crippen LogP contribution in [0.3, 0.4) is 0 Å². The highest BCUT2D eigenvalue weighted by atomic mass is 79.9. The Balaban J connectivity index is 2.25. The van der Waals surface area contributed by atoms with E-state index in [1.807, 2.05) is 6.20 Å². The summed E-state index contributed by atoms with van der Waals surface area (Å²) in [7, 11) is 0. The van der Waals surface area contributed by atoms with E-state index < -0.39 is 0 Å². The van der Waals surface area contributed by atoms with Gasteiger partial charge in [-0.25, -0.2) is 5.90 Å². The van der Waals surface area contributed by atoms with E-state index >= 15 is 0 Å². The van der Waals surface area contributed by atoms with E-state index in [2.05, 4.69) is 27.0 Å². The van der Waals surface area contributed by atoms with Crippen LogP contribution in [0.15, 0.2) is 22.9 Å². The van der Waals surface area contributed by atoms with Crippen molar-refractivity contribution in [2.45, 2.75) is 18.3 Å². The molecule has 0 amide bonds. The van der Waals surface area contributed by atoms with Crippen LogP contribution in [0.5, 0.6) is 0 Å². The molecule has 0 aromatic carbocycles. The molecule has 0 radical (unpaired) electrons. The van der Waals surface area contributed by atoms with Gasteiger partial charge in [0, 0.05) is 22.3 Å². The number of rotatable bonds is 3. The van der Waals surface area contributed by atoms with Crippen LogP contribution in [0.2, 0.25) is 0 Å². The zero-order chi connectivity index (χ0) is 9.31. The number of nitrogens with zero attached hydrogens (tertiary/aromatic N) is 1. The van der Waals surface area contributed by atoms with Gasteiger partial charge in [0.2, 0.25) is 0 Å². The fourth-order valence-corrected chi connectivity index (χ4v) is 1.89. The number of nitrogens with two attached hydrogens (primary N) is 1. The van der Waals surface area contributed by atoms with E-state index in [-0.39, 0.29) is 5.41 Å². The van der Waals surface area contributed by atoms with Crippen molar-refractivity contribution in [2.24, 2.45) is 5.90 Å². The molecule has 1 aromatic rings. The summed E-state index contributed by atoms with van der Waals surface area (Å²) in [6.45, 7) is 0.588. The van der Waals surface area contributed by atoms with E-state index in [0.717, 1.165) is 17.3 Å². The first-order valence-corrected chi connectivity index (χ1v) is 4.99. The average Bonchev–Trinajstić information content (AvgIpc) is 2.86. The predicted molar refractivity (Wildman–Crippen MR) is 53.0 cm³/mol. The van der Waals surface area contributed by atoms with Crippen LogP contribution in [0.4, 0.5) is 0 Å². The first-order valence-electron chi connectivity index (χ1n) is 4.20. The molecule has 0 aliphatic heterocycles. The number of hydrogen-bond acceptors (Lipinski definition) is 3. The molecule has 0 saturated heterocycles. The third-order valence-corrected chi connectivity index (χ3v) is 2.96. The third kappa shape index (κ3) is 1.75. The molecule has 2 rings (SSSR count). The summed E-state index contributed by atoms with van der Waals surface area (Å²) in [6, 6.07) is 2.08. The molecule has 70 valence electrons. The molecule has 0 spiro atoms. The summed E-state index contributed by atoms with van der Waals surface area (Å²) in [5.41, 5.74) is 1.36. The van der Waals surface area contributed by atoms with Crippen molar-refractivity contribution in [3.05, 3.63) is 28.5 Å². The molecule has 1 aliphatic rings. The zero-order valence-corrected chi connectivity index (χ0v) is 8.75. The van der Waals surface area contributed by atoms with Crippen LogP contribution < -0.4 is 5.90 Å².